The second-order valence-corrected chi connectivity index (χ2v) is 7.37. The lowest BCUT2D eigenvalue weighted by Crippen LogP contribution is -2.31. The predicted octanol–water partition coefficient (Wildman–Crippen LogP) is 4.36. The molecular formula is C15H16BrN3S2. The molecule has 1 atom stereocenters. The van der Waals surface area contributed by atoms with Crippen molar-refractivity contribution in [2.24, 2.45) is 0 Å². The Morgan fingerprint density at radius 3 is 2.90 bits per heavy atom. The first-order valence-electron chi connectivity index (χ1n) is 6.87. The van der Waals surface area contributed by atoms with E-state index in [1.54, 1.807) is 11.8 Å². The van der Waals surface area contributed by atoms with E-state index in [0.717, 1.165) is 33.9 Å². The van der Waals surface area contributed by atoms with Crippen molar-refractivity contribution in [3.63, 3.8) is 0 Å². The number of hydrogen-bond donors (Lipinski definition) is 1. The minimum atomic E-state index is 0.356. The van der Waals surface area contributed by atoms with Crippen LogP contribution in [0.25, 0.3) is 5.57 Å². The maximum atomic E-state index is 4.51. The number of halogens is 1. The molecule has 1 aliphatic heterocycles. The molecule has 0 spiro atoms. The standard InChI is InChI=1S/C15H16BrN3S2/c1-10-13(3-2-8-17-10)14-15(19-21-18-14)20-9-11-4-6-12(16)7-5-11/h3-7,10,17H,2,8-9H2,1H3. The highest BCUT2D eigenvalue weighted by atomic mass is 79.9. The van der Waals surface area contributed by atoms with E-state index in [-0.39, 0.29) is 0 Å². The normalized spacial score (nSPS) is 18.6. The fourth-order valence-electron chi connectivity index (χ4n) is 2.30. The van der Waals surface area contributed by atoms with Gasteiger partial charge in [-0.3, -0.25) is 0 Å². The number of benzene rings is 1. The Kier molecular flexibility index (Phi) is 5.11. The Morgan fingerprint density at radius 2 is 2.14 bits per heavy atom. The van der Waals surface area contributed by atoms with Crippen LogP contribution < -0.4 is 5.32 Å². The van der Waals surface area contributed by atoms with Crippen LogP contribution in [0.3, 0.4) is 0 Å². The van der Waals surface area contributed by atoms with Crippen LogP contribution in [0.2, 0.25) is 0 Å². The van der Waals surface area contributed by atoms with E-state index in [1.165, 1.54) is 22.9 Å². The van der Waals surface area contributed by atoms with Crippen molar-refractivity contribution in [1.82, 2.24) is 14.1 Å². The van der Waals surface area contributed by atoms with Crippen molar-refractivity contribution in [1.29, 1.82) is 0 Å². The fourth-order valence-corrected chi connectivity index (χ4v) is 4.20. The number of aromatic nitrogens is 2. The van der Waals surface area contributed by atoms with Gasteiger partial charge in [0.15, 0.2) is 0 Å². The third-order valence-corrected chi connectivity index (χ3v) is 5.65. The molecule has 0 amide bonds. The first-order chi connectivity index (χ1) is 10.2. The summed E-state index contributed by atoms with van der Waals surface area (Å²) in [4.78, 5) is 0. The number of rotatable bonds is 4. The van der Waals surface area contributed by atoms with Crippen molar-refractivity contribution in [2.75, 3.05) is 6.54 Å². The van der Waals surface area contributed by atoms with Gasteiger partial charge >= 0.3 is 0 Å². The Balaban J connectivity index is 1.73. The van der Waals surface area contributed by atoms with E-state index in [2.05, 4.69) is 67.3 Å². The summed E-state index contributed by atoms with van der Waals surface area (Å²) in [5, 5.41) is 4.53. The molecule has 6 heteroatoms. The highest BCUT2D eigenvalue weighted by Gasteiger charge is 2.20. The summed E-state index contributed by atoms with van der Waals surface area (Å²) in [7, 11) is 0. The number of nitrogens with one attached hydrogen (secondary N) is 1. The van der Waals surface area contributed by atoms with Crippen molar-refractivity contribution in [3.05, 3.63) is 46.1 Å². The van der Waals surface area contributed by atoms with Crippen molar-refractivity contribution < 1.29 is 0 Å². The van der Waals surface area contributed by atoms with Gasteiger partial charge in [0, 0.05) is 16.3 Å². The molecule has 0 saturated carbocycles. The van der Waals surface area contributed by atoms with E-state index in [0.29, 0.717) is 6.04 Å². The topological polar surface area (TPSA) is 37.8 Å². The lowest BCUT2D eigenvalue weighted by molar-refractivity contribution is 0.624. The SMILES string of the molecule is CC1NCCC=C1c1nsnc1SCc1ccc(Br)cc1. The van der Waals surface area contributed by atoms with E-state index in [4.69, 9.17) is 0 Å². The molecule has 0 radical (unpaired) electrons. The van der Waals surface area contributed by atoms with Gasteiger partial charge in [-0.25, -0.2) is 0 Å². The lowest BCUT2D eigenvalue weighted by atomic mass is 10.0. The van der Waals surface area contributed by atoms with E-state index in [1.807, 2.05) is 0 Å². The molecule has 0 saturated heterocycles. The molecule has 1 N–H and O–H groups in total. The Morgan fingerprint density at radius 1 is 1.33 bits per heavy atom. The van der Waals surface area contributed by atoms with Gasteiger partial charge in [0.2, 0.25) is 0 Å². The molecule has 1 aromatic heterocycles. The molecule has 1 aromatic carbocycles. The zero-order chi connectivity index (χ0) is 14.7. The average Bonchev–Trinajstić information content (AvgIpc) is 2.95. The molecule has 2 heterocycles. The van der Waals surface area contributed by atoms with Crippen molar-refractivity contribution in [2.45, 2.75) is 30.2 Å². The summed E-state index contributed by atoms with van der Waals surface area (Å²) < 4.78 is 10.1. The van der Waals surface area contributed by atoms with Crippen LogP contribution in [0.15, 0.2) is 39.8 Å². The van der Waals surface area contributed by atoms with Crippen LogP contribution in [0.4, 0.5) is 0 Å². The van der Waals surface area contributed by atoms with Gasteiger partial charge in [-0.1, -0.05) is 45.9 Å². The van der Waals surface area contributed by atoms with Gasteiger partial charge in [-0.2, -0.15) is 8.75 Å². The molecule has 0 fully saturated rings. The predicted molar refractivity (Wildman–Crippen MR) is 93.7 cm³/mol. The highest BCUT2D eigenvalue weighted by Crippen LogP contribution is 2.31. The zero-order valence-electron chi connectivity index (χ0n) is 11.7. The van der Waals surface area contributed by atoms with Crippen LogP contribution in [0, 0.1) is 0 Å². The largest absolute Gasteiger partial charge is 0.310 e. The molecule has 0 aliphatic carbocycles. The van der Waals surface area contributed by atoms with Gasteiger partial charge in [0.1, 0.15) is 10.7 Å². The van der Waals surface area contributed by atoms with E-state index >= 15 is 0 Å². The molecular weight excluding hydrogens is 366 g/mol. The van der Waals surface area contributed by atoms with E-state index < -0.39 is 0 Å². The van der Waals surface area contributed by atoms with E-state index in [9.17, 15) is 0 Å². The second-order valence-electron chi connectivity index (χ2n) is 4.96. The number of thioether (sulfide) groups is 1. The number of nitrogens with zero attached hydrogens (tertiary/aromatic N) is 2. The van der Waals surface area contributed by atoms with Gasteiger partial charge in [0.25, 0.3) is 0 Å². The third kappa shape index (κ3) is 3.74. The molecule has 3 rings (SSSR count). The maximum absolute atomic E-state index is 4.51. The average molecular weight is 382 g/mol. The van der Waals surface area contributed by atoms with Gasteiger partial charge in [-0.15, -0.1) is 0 Å². The zero-order valence-corrected chi connectivity index (χ0v) is 14.9. The first kappa shape index (κ1) is 15.2. The molecule has 21 heavy (non-hydrogen) atoms. The van der Waals surface area contributed by atoms with Crippen LogP contribution in [0.1, 0.15) is 24.6 Å². The first-order valence-corrected chi connectivity index (χ1v) is 9.38. The highest BCUT2D eigenvalue weighted by molar-refractivity contribution is 9.10. The van der Waals surface area contributed by atoms with Crippen LogP contribution in [0.5, 0.6) is 0 Å². The van der Waals surface area contributed by atoms with Gasteiger partial charge < -0.3 is 5.32 Å². The Bertz CT molecular complexity index is 637. The molecule has 110 valence electrons. The van der Waals surface area contributed by atoms with Crippen LogP contribution in [-0.4, -0.2) is 21.3 Å². The van der Waals surface area contributed by atoms with Gasteiger partial charge in [-0.05, 0) is 43.2 Å². The Labute approximate surface area is 141 Å². The summed E-state index contributed by atoms with van der Waals surface area (Å²) in [5.41, 5.74) is 3.64. The summed E-state index contributed by atoms with van der Waals surface area (Å²) in [5.74, 6) is 0.917. The summed E-state index contributed by atoms with van der Waals surface area (Å²) in [6.45, 7) is 3.23. The quantitative estimate of drug-likeness (QED) is 0.798. The number of hydrogen-bond acceptors (Lipinski definition) is 5. The lowest BCUT2D eigenvalue weighted by Gasteiger charge is -2.21. The maximum Gasteiger partial charge on any atom is 0.138 e. The van der Waals surface area contributed by atoms with Gasteiger partial charge in [0.05, 0.1) is 11.7 Å². The minimum Gasteiger partial charge on any atom is -0.310 e. The third-order valence-electron chi connectivity index (χ3n) is 3.45. The smallest absolute Gasteiger partial charge is 0.138 e. The van der Waals surface area contributed by atoms with Crippen LogP contribution in [-0.2, 0) is 5.75 Å². The molecule has 1 unspecified atom stereocenters. The van der Waals surface area contributed by atoms with Crippen molar-refractivity contribution in [3.8, 4) is 0 Å². The van der Waals surface area contributed by atoms with Crippen LogP contribution >= 0.6 is 39.4 Å². The molecule has 2 aromatic rings. The molecule has 3 nitrogen and oxygen atoms in total. The molecule has 1 aliphatic rings. The summed E-state index contributed by atoms with van der Waals surface area (Å²) in [6, 6.07) is 8.79. The second kappa shape index (κ2) is 7.05. The monoisotopic (exact) mass is 381 g/mol. The molecule has 0 bridgehead atoms. The Hall–Kier alpha value is -0.690. The fraction of sp³-hybridized carbons (Fsp3) is 0.333. The minimum absolute atomic E-state index is 0.356. The summed E-state index contributed by atoms with van der Waals surface area (Å²) >= 11 is 6.53. The summed E-state index contributed by atoms with van der Waals surface area (Å²) in [6.07, 6.45) is 3.36. The van der Waals surface area contributed by atoms with Crippen molar-refractivity contribution >= 4 is 45.0 Å².